The van der Waals surface area contributed by atoms with Crippen LogP contribution in [-0.4, -0.2) is 40.5 Å². The van der Waals surface area contributed by atoms with Crippen molar-refractivity contribution in [2.45, 2.75) is 63.6 Å². The normalized spacial score (nSPS) is 27.0. The standard InChI is InChI=1S/C20H27FN2O3/c21-16-8-4-14(5-9-16)13-23-12-2-1-3-18(23)19(24)22-17-10-6-15(7-11-17)20(25)26/h4-5,8-9,15,17-18H,1-3,6-7,10-13H2,(H,22,24)(H,25,26)/t15?,17?,18-/m0/s1. The van der Waals surface area contributed by atoms with Gasteiger partial charge in [-0.25, -0.2) is 4.39 Å². The maximum atomic E-state index is 13.1. The third kappa shape index (κ3) is 4.81. The Morgan fingerprint density at radius 2 is 1.77 bits per heavy atom. The molecule has 2 aliphatic rings. The molecule has 1 aliphatic heterocycles. The first-order valence-electron chi connectivity index (χ1n) is 9.54. The first-order chi connectivity index (χ1) is 12.5. The molecular weight excluding hydrogens is 335 g/mol. The van der Waals surface area contributed by atoms with Gasteiger partial charge in [-0.2, -0.15) is 0 Å². The van der Waals surface area contributed by atoms with Crippen LogP contribution >= 0.6 is 0 Å². The topological polar surface area (TPSA) is 69.6 Å². The zero-order valence-corrected chi connectivity index (χ0v) is 15.0. The van der Waals surface area contributed by atoms with E-state index in [0.717, 1.165) is 44.2 Å². The molecule has 1 heterocycles. The lowest BCUT2D eigenvalue weighted by Crippen LogP contribution is -2.52. The van der Waals surface area contributed by atoms with Crippen LogP contribution in [0, 0.1) is 11.7 Å². The molecule has 3 rings (SSSR count). The fourth-order valence-corrected chi connectivity index (χ4v) is 4.08. The Bertz CT molecular complexity index is 626. The number of carboxylic acids is 1. The van der Waals surface area contributed by atoms with E-state index in [-0.39, 0.29) is 29.7 Å². The first-order valence-corrected chi connectivity index (χ1v) is 9.54. The van der Waals surface area contributed by atoms with E-state index in [9.17, 15) is 14.0 Å². The van der Waals surface area contributed by atoms with Crippen LogP contribution in [0.3, 0.4) is 0 Å². The monoisotopic (exact) mass is 362 g/mol. The zero-order chi connectivity index (χ0) is 18.5. The molecule has 2 fully saturated rings. The summed E-state index contributed by atoms with van der Waals surface area (Å²) >= 11 is 0. The lowest BCUT2D eigenvalue weighted by molar-refractivity contribution is -0.142. The van der Waals surface area contributed by atoms with Gasteiger partial charge in [-0.3, -0.25) is 14.5 Å². The van der Waals surface area contributed by atoms with Crippen molar-refractivity contribution in [3.63, 3.8) is 0 Å². The van der Waals surface area contributed by atoms with Crippen LogP contribution < -0.4 is 5.32 Å². The number of piperidine rings is 1. The van der Waals surface area contributed by atoms with Gasteiger partial charge < -0.3 is 10.4 Å². The Morgan fingerprint density at radius 1 is 1.08 bits per heavy atom. The minimum absolute atomic E-state index is 0.0468. The predicted octanol–water partition coefficient (Wildman–Crippen LogP) is 2.94. The van der Waals surface area contributed by atoms with E-state index in [1.165, 1.54) is 12.1 Å². The van der Waals surface area contributed by atoms with Gasteiger partial charge >= 0.3 is 5.97 Å². The summed E-state index contributed by atoms with van der Waals surface area (Å²) in [5, 5.41) is 12.2. The van der Waals surface area contributed by atoms with Crippen LogP contribution in [0.2, 0.25) is 0 Å². The van der Waals surface area contributed by atoms with E-state index in [2.05, 4.69) is 10.2 Å². The lowest BCUT2D eigenvalue weighted by atomic mass is 9.86. The van der Waals surface area contributed by atoms with Gasteiger partial charge in [0.25, 0.3) is 0 Å². The Morgan fingerprint density at radius 3 is 2.42 bits per heavy atom. The number of aliphatic carboxylic acids is 1. The minimum Gasteiger partial charge on any atom is -0.481 e. The van der Waals surface area contributed by atoms with Crippen LogP contribution in [0.4, 0.5) is 4.39 Å². The van der Waals surface area contributed by atoms with E-state index in [0.29, 0.717) is 19.4 Å². The molecule has 1 aliphatic carbocycles. The number of hydrogen-bond donors (Lipinski definition) is 2. The van der Waals surface area contributed by atoms with Gasteiger partial charge in [0, 0.05) is 12.6 Å². The molecule has 0 spiro atoms. The molecular formula is C20H27FN2O3. The maximum Gasteiger partial charge on any atom is 0.306 e. The van der Waals surface area contributed by atoms with Gasteiger partial charge in [0.15, 0.2) is 0 Å². The number of hydrogen-bond acceptors (Lipinski definition) is 3. The van der Waals surface area contributed by atoms with E-state index >= 15 is 0 Å². The number of amides is 1. The molecule has 5 nitrogen and oxygen atoms in total. The highest BCUT2D eigenvalue weighted by molar-refractivity contribution is 5.82. The van der Waals surface area contributed by atoms with Crippen molar-refractivity contribution in [3.05, 3.63) is 35.6 Å². The third-order valence-corrected chi connectivity index (χ3v) is 5.64. The smallest absolute Gasteiger partial charge is 0.306 e. The molecule has 1 aromatic carbocycles. The average Bonchev–Trinajstić information content (AvgIpc) is 2.64. The highest BCUT2D eigenvalue weighted by Crippen LogP contribution is 2.25. The van der Waals surface area contributed by atoms with E-state index in [1.807, 2.05) is 0 Å². The largest absolute Gasteiger partial charge is 0.481 e. The van der Waals surface area contributed by atoms with Gasteiger partial charge in [0.05, 0.1) is 12.0 Å². The number of carbonyl (C=O) groups is 2. The highest BCUT2D eigenvalue weighted by atomic mass is 19.1. The second-order valence-corrected chi connectivity index (χ2v) is 7.50. The number of nitrogens with one attached hydrogen (secondary N) is 1. The number of benzene rings is 1. The Hall–Kier alpha value is -1.95. The van der Waals surface area contributed by atoms with Crippen LogP contribution in [0.1, 0.15) is 50.5 Å². The average molecular weight is 362 g/mol. The number of likely N-dealkylation sites (tertiary alicyclic amines) is 1. The molecule has 1 saturated carbocycles. The summed E-state index contributed by atoms with van der Waals surface area (Å²) in [5.74, 6) is -1.20. The molecule has 0 radical (unpaired) electrons. The minimum atomic E-state index is -0.729. The summed E-state index contributed by atoms with van der Waals surface area (Å²) in [7, 11) is 0. The van der Waals surface area contributed by atoms with Crippen LogP contribution in [0.15, 0.2) is 24.3 Å². The van der Waals surface area contributed by atoms with Crippen molar-refractivity contribution in [3.8, 4) is 0 Å². The molecule has 142 valence electrons. The molecule has 2 N–H and O–H groups in total. The van der Waals surface area contributed by atoms with Gasteiger partial charge in [-0.15, -0.1) is 0 Å². The third-order valence-electron chi connectivity index (χ3n) is 5.64. The molecule has 6 heteroatoms. The van der Waals surface area contributed by atoms with Gasteiger partial charge in [-0.05, 0) is 62.8 Å². The fraction of sp³-hybridized carbons (Fsp3) is 0.600. The summed E-state index contributed by atoms with van der Waals surface area (Å²) in [5.41, 5.74) is 1.01. The highest BCUT2D eigenvalue weighted by Gasteiger charge is 2.32. The van der Waals surface area contributed by atoms with E-state index in [4.69, 9.17) is 5.11 Å². The van der Waals surface area contributed by atoms with Gasteiger partial charge in [0.2, 0.25) is 5.91 Å². The van der Waals surface area contributed by atoms with Crippen LogP contribution in [-0.2, 0) is 16.1 Å². The van der Waals surface area contributed by atoms with Crippen LogP contribution in [0.5, 0.6) is 0 Å². The van der Waals surface area contributed by atoms with E-state index in [1.54, 1.807) is 12.1 Å². The van der Waals surface area contributed by atoms with Crippen molar-refractivity contribution in [2.24, 2.45) is 5.92 Å². The molecule has 1 atom stereocenters. The predicted molar refractivity (Wildman–Crippen MR) is 96.0 cm³/mol. The van der Waals surface area contributed by atoms with Crippen LogP contribution in [0.25, 0.3) is 0 Å². The van der Waals surface area contributed by atoms with E-state index < -0.39 is 5.97 Å². The molecule has 1 saturated heterocycles. The van der Waals surface area contributed by atoms with Gasteiger partial charge in [-0.1, -0.05) is 18.6 Å². The summed E-state index contributed by atoms with van der Waals surface area (Å²) in [6.45, 7) is 1.51. The van der Waals surface area contributed by atoms with Crippen molar-refractivity contribution < 1.29 is 19.1 Å². The number of nitrogens with zero attached hydrogens (tertiary/aromatic N) is 1. The SMILES string of the molecule is O=C(O)C1CCC(NC(=O)[C@@H]2CCCCN2Cc2ccc(F)cc2)CC1. The lowest BCUT2D eigenvalue weighted by Gasteiger charge is -2.36. The zero-order valence-electron chi connectivity index (χ0n) is 15.0. The number of carbonyl (C=O) groups excluding carboxylic acids is 1. The summed E-state index contributed by atoms with van der Waals surface area (Å²) in [6, 6.07) is 6.36. The summed E-state index contributed by atoms with van der Waals surface area (Å²) < 4.78 is 13.1. The summed E-state index contributed by atoms with van der Waals surface area (Å²) in [4.78, 5) is 26.0. The number of rotatable bonds is 5. The fourth-order valence-electron chi connectivity index (χ4n) is 4.08. The maximum absolute atomic E-state index is 13.1. The molecule has 0 aromatic heterocycles. The number of halogens is 1. The first kappa shape index (κ1) is 18.8. The molecule has 26 heavy (non-hydrogen) atoms. The summed E-state index contributed by atoms with van der Waals surface area (Å²) in [6.07, 6.45) is 5.64. The quantitative estimate of drug-likeness (QED) is 0.845. The second-order valence-electron chi connectivity index (χ2n) is 7.50. The molecule has 0 bridgehead atoms. The Labute approximate surface area is 153 Å². The van der Waals surface area contributed by atoms with Crippen molar-refractivity contribution >= 4 is 11.9 Å². The second kappa shape index (κ2) is 8.62. The number of carboxylic acid groups (broad SMARTS) is 1. The molecule has 1 aromatic rings. The Kier molecular flexibility index (Phi) is 6.25. The van der Waals surface area contributed by atoms with Crippen molar-refractivity contribution in [2.75, 3.05) is 6.54 Å². The van der Waals surface area contributed by atoms with Gasteiger partial charge in [0.1, 0.15) is 5.82 Å². The molecule has 1 amide bonds. The van der Waals surface area contributed by atoms with Crippen molar-refractivity contribution in [1.82, 2.24) is 10.2 Å². The Balaban J connectivity index is 1.56. The molecule has 0 unspecified atom stereocenters. The van der Waals surface area contributed by atoms with Crippen molar-refractivity contribution in [1.29, 1.82) is 0 Å².